The number of halogens is 1. The molecule has 3 nitrogen and oxygen atoms in total. The minimum absolute atomic E-state index is 0.101. The maximum absolute atomic E-state index is 11.9. The van der Waals surface area contributed by atoms with Gasteiger partial charge in [0.25, 0.3) is 0 Å². The van der Waals surface area contributed by atoms with E-state index in [0.717, 1.165) is 11.1 Å². The maximum atomic E-state index is 11.9. The monoisotopic (exact) mass is 366 g/mol. The predicted octanol–water partition coefficient (Wildman–Crippen LogP) is 2.82. The van der Waals surface area contributed by atoms with Gasteiger partial charge in [-0.2, -0.15) is 0 Å². The third kappa shape index (κ3) is 1.96. The highest BCUT2D eigenvalue weighted by Crippen LogP contribution is 2.45. The van der Waals surface area contributed by atoms with E-state index in [0.29, 0.717) is 3.58 Å². The lowest BCUT2D eigenvalue weighted by Crippen LogP contribution is -2.28. The number of carbonyl (C=O) groups is 2. The molecular weight excluding hydrogens is 357 g/mol. The van der Waals surface area contributed by atoms with Crippen LogP contribution in [0, 0.1) is 0 Å². The number of carbonyl (C=O) groups excluding carboxylic acids is 2. The zero-order valence-corrected chi connectivity index (χ0v) is 12.0. The second-order valence-corrected chi connectivity index (χ2v) is 5.39. The molecule has 0 bridgehead atoms. The van der Waals surface area contributed by atoms with Crippen LogP contribution in [0.15, 0.2) is 58.2 Å². The Balaban J connectivity index is 2.18. The first-order chi connectivity index (χ1) is 9.12. The van der Waals surface area contributed by atoms with Crippen LogP contribution in [0.1, 0.15) is 5.56 Å². The Kier molecular flexibility index (Phi) is 2.89. The Morgan fingerprint density at radius 1 is 1.11 bits per heavy atom. The van der Waals surface area contributed by atoms with Crippen molar-refractivity contribution in [2.24, 2.45) is 0 Å². The summed E-state index contributed by atoms with van der Waals surface area (Å²) in [6, 6.07) is 9.58. The van der Waals surface area contributed by atoms with Gasteiger partial charge in [-0.05, 0) is 52.5 Å². The number of allylic oxidation sites excluding steroid dienone is 2. The van der Waals surface area contributed by atoms with E-state index in [4.69, 9.17) is 4.74 Å². The van der Waals surface area contributed by atoms with Crippen LogP contribution in [0.3, 0.4) is 0 Å². The van der Waals surface area contributed by atoms with Crippen LogP contribution >= 0.6 is 22.6 Å². The molecule has 0 aromatic heterocycles. The lowest BCUT2D eigenvalue weighted by Gasteiger charge is -2.26. The van der Waals surface area contributed by atoms with Crippen LogP contribution < -0.4 is 0 Å². The SMILES string of the molecule is [16O]=C1[16O]C2(C=CC(=[18O])C=C2)C(c2ccccc2)=C1I. The van der Waals surface area contributed by atoms with Crippen LogP contribution in [0.25, 0.3) is 5.57 Å². The summed E-state index contributed by atoms with van der Waals surface area (Å²) in [4.78, 5) is 23.1. The topological polar surface area (TPSA) is 43.4 Å². The van der Waals surface area contributed by atoms with Gasteiger partial charge in [-0.15, -0.1) is 0 Å². The van der Waals surface area contributed by atoms with Crippen LogP contribution in [0.2, 0.25) is 0 Å². The van der Waals surface area contributed by atoms with Gasteiger partial charge in [0, 0.05) is 5.57 Å². The van der Waals surface area contributed by atoms with Crippen molar-refractivity contribution in [3.8, 4) is 0 Å². The Morgan fingerprint density at radius 3 is 2.37 bits per heavy atom. The summed E-state index contributed by atoms with van der Waals surface area (Å²) < 4.78 is 6.02. The Morgan fingerprint density at radius 2 is 1.74 bits per heavy atom. The van der Waals surface area contributed by atoms with Gasteiger partial charge in [-0.25, -0.2) is 4.79 Å². The number of ether oxygens (including phenoxy) is 1. The number of esters is 1. The highest BCUT2D eigenvalue weighted by Gasteiger charge is 2.45. The summed E-state index contributed by atoms with van der Waals surface area (Å²) in [7, 11) is 0. The van der Waals surface area contributed by atoms with Crippen molar-refractivity contribution in [2.45, 2.75) is 5.60 Å². The van der Waals surface area contributed by atoms with Gasteiger partial charge in [-0.3, -0.25) is 4.79 Å². The summed E-state index contributed by atoms with van der Waals surface area (Å²) in [5.41, 5.74) is 0.767. The highest BCUT2D eigenvalue weighted by atomic mass is 127. The molecule has 1 aliphatic heterocycles. The first-order valence-corrected chi connectivity index (χ1v) is 6.82. The fraction of sp³-hybridized carbons (Fsp3) is 0.0667. The predicted molar refractivity (Wildman–Crippen MR) is 79.5 cm³/mol. The van der Waals surface area contributed by atoms with Crippen molar-refractivity contribution in [1.82, 2.24) is 0 Å². The van der Waals surface area contributed by atoms with E-state index in [2.05, 4.69) is 0 Å². The van der Waals surface area contributed by atoms with Crippen LogP contribution in [0.5, 0.6) is 0 Å². The molecule has 1 aromatic rings. The molecule has 0 amide bonds. The summed E-state index contributed by atoms with van der Waals surface area (Å²) >= 11 is 1.99. The minimum atomic E-state index is -0.942. The van der Waals surface area contributed by atoms with E-state index in [9.17, 15) is 9.59 Å². The van der Waals surface area contributed by atoms with Gasteiger partial charge < -0.3 is 4.74 Å². The van der Waals surface area contributed by atoms with Crippen molar-refractivity contribution in [1.29, 1.82) is 0 Å². The molecule has 1 spiro atoms. The normalized spacial score (nSPS) is 20.3. The third-order valence-electron chi connectivity index (χ3n) is 3.10. The molecular formula is C15H9IO3. The van der Waals surface area contributed by atoms with E-state index < -0.39 is 5.60 Å². The molecule has 0 saturated carbocycles. The summed E-state index contributed by atoms with van der Waals surface area (Å²) in [5, 5.41) is 0. The lowest BCUT2D eigenvalue weighted by atomic mass is 9.86. The number of benzene rings is 1. The summed E-state index contributed by atoms with van der Waals surface area (Å²) in [6.07, 6.45) is 6.15. The number of ketones is 1. The standard InChI is InChI=1S/C15H9IO3/c16-13-12(10-4-2-1-3-5-10)15(19-14(13)18)8-6-11(17)7-9-15/h1-9H/i17+2,18+0,19+0. The van der Waals surface area contributed by atoms with E-state index in [1.807, 2.05) is 52.9 Å². The zero-order chi connectivity index (χ0) is 13.5. The van der Waals surface area contributed by atoms with Gasteiger partial charge in [0.1, 0.15) is 3.58 Å². The number of hydrogen-bond acceptors (Lipinski definition) is 3. The van der Waals surface area contributed by atoms with Gasteiger partial charge >= 0.3 is 5.97 Å². The van der Waals surface area contributed by atoms with Crippen LogP contribution in [-0.4, -0.2) is 17.4 Å². The van der Waals surface area contributed by atoms with Gasteiger partial charge in [0.05, 0.1) is 0 Å². The van der Waals surface area contributed by atoms with Gasteiger partial charge in [0.2, 0.25) is 0 Å². The lowest BCUT2D eigenvalue weighted by molar-refractivity contribution is -0.140. The smallest absolute Gasteiger partial charge is 0.346 e. The minimum Gasteiger partial charge on any atom is -0.441 e. The fourth-order valence-electron chi connectivity index (χ4n) is 2.24. The van der Waals surface area contributed by atoms with Crippen LogP contribution in [-0.2, 0) is 14.3 Å². The average Bonchev–Trinajstić information content (AvgIpc) is 2.66. The highest BCUT2D eigenvalue weighted by molar-refractivity contribution is 14.1. The molecule has 0 unspecified atom stereocenters. The second-order valence-electron chi connectivity index (χ2n) is 4.31. The van der Waals surface area contributed by atoms with Crippen molar-refractivity contribution < 1.29 is 14.3 Å². The quantitative estimate of drug-likeness (QED) is 0.436. The van der Waals surface area contributed by atoms with Crippen molar-refractivity contribution in [3.05, 3.63) is 63.8 Å². The molecule has 1 aromatic carbocycles. The van der Waals surface area contributed by atoms with E-state index in [1.165, 1.54) is 12.2 Å². The zero-order valence-electron chi connectivity index (χ0n) is 9.80. The molecule has 0 radical (unpaired) electrons. The molecule has 0 fully saturated rings. The van der Waals surface area contributed by atoms with E-state index in [1.54, 1.807) is 12.2 Å². The van der Waals surface area contributed by atoms with Crippen molar-refractivity contribution >= 4 is 39.9 Å². The van der Waals surface area contributed by atoms with Crippen molar-refractivity contribution in [2.75, 3.05) is 0 Å². The van der Waals surface area contributed by atoms with E-state index in [-0.39, 0.29) is 11.8 Å². The molecule has 4 heteroatoms. The molecule has 0 N–H and O–H groups in total. The Labute approximate surface area is 123 Å². The van der Waals surface area contributed by atoms with E-state index >= 15 is 0 Å². The molecule has 1 heterocycles. The van der Waals surface area contributed by atoms with Gasteiger partial charge in [-0.1, -0.05) is 30.3 Å². The third-order valence-corrected chi connectivity index (χ3v) is 4.08. The number of hydrogen-bond donors (Lipinski definition) is 0. The molecule has 1 aliphatic carbocycles. The van der Waals surface area contributed by atoms with Crippen molar-refractivity contribution in [3.63, 3.8) is 0 Å². The Bertz CT molecular complexity index is 637. The first kappa shape index (κ1) is 12.3. The first-order valence-electron chi connectivity index (χ1n) is 5.74. The molecule has 3 rings (SSSR count). The largest absolute Gasteiger partial charge is 0.441 e. The fourth-order valence-corrected chi connectivity index (χ4v) is 3.08. The molecule has 19 heavy (non-hydrogen) atoms. The molecule has 0 saturated heterocycles. The molecule has 0 atom stereocenters. The maximum Gasteiger partial charge on any atom is 0.346 e. The molecule has 2 aliphatic rings. The second kappa shape index (κ2) is 4.45. The molecule has 94 valence electrons. The van der Waals surface area contributed by atoms with Crippen LogP contribution in [0.4, 0.5) is 0 Å². The summed E-state index contributed by atoms with van der Waals surface area (Å²) in [6.45, 7) is 0. The summed E-state index contributed by atoms with van der Waals surface area (Å²) in [5.74, 6) is -0.459. The average molecular weight is 366 g/mol. The van der Waals surface area contributed by atoms with Gasteiger partial charge in [0.15, 0.2) is 11.4 Å². The Hall–Kier alpha value is -1.69. The number of rotatable bonds is 1.